The minimum atomic E-state index is -0.421. The molecule has 0 spiro atoms. The standard InChI is InChI=1S/C19H15N5O2/c25-18-11-10-16(21-23(18)12-14-6-2-1-3-7-14)19(26)22-24-13-20-15-8-4-5-9-17(15)24/h1-11,13H,12H2,(H,22,26). The summed E-state index contributed by atoms with van der Waals surface area (Å²) in [6, 6.07) is 19.7. The van der Waals surface area contributed by atoms with Crippen LogP contribution in [-0.2, 0) is 6.54 Å². The lowest BCUT2D eigenvalue weighted by molar-refractivity contribution is 0.100. The van der Waals surface area contributed by atoms with Crippen LogP contribution in [0.1, 0.15) is 16.1 Å². The van der Waals surface area contributed by atoms with E-state index in [1.165, 1.54) is 27.8 Å². The lowest BCUT2D eigenvalue weighted by atomic mass is 10.2. The number of nitrogens with zero attached hydrogens (tertiary/aromatic N) is 4. The molecule has 2 aromatic heterocycles. The number of rotatable bonds is 4. The van der Waals surface area contributed by atoms with Crippen molar-refractivity contribution in [3.8, 4) is 0 Å². The summed E-state index contributed by atoms with van der Waals surface area (Å²) < 4.78 is 2.81. The van der Waals surface area contributed by atoms with Gasteiger partial charge in [0.1, 0.15) is 6.33 Å². The number of hydrogen-bond acceptors (Lipinski definition) is 4. The predicted octanol–water partition coefficient (Wildman–Crippen LogP) is 2.03. The van der Waals surface area contributed by atoms with E-state index >= 15 is 0 Å². The van der Waals surface area contributed by atoms with E-state index in [2.05, 4.69) is 15.5 Å². The number of nitrogens with one attached hydrogen (secondary N) is 1. The molecule has 0 aliphatic carbocycles. The number of benzene rings is 2. The Balaban J connectivity index is 1.60. The fourth-order valence-corrected chi connectivity index (χ4v) is 2.65. The van der Waals surface area contributed by atoms with Gasteiger partial charge in [-0.1, -0.05) is 42.5 Å². The number of hydrogen-bond donors (Lipinski definition) is 1. The Bertz CT molecular complexity index is 1130. The monoisotopic (exact) mass is 345 g/mol. The average molecular weight is 345 g/mol. The molecule has 4 rings (SSSR count). The highest BCUT2D eigenvalue weighted by Gasteiger charge is 2.12. The van der Waals surface area contributed by atoms with Gasteiger partial charge in [-0.05, 0) is 23.8 Å². The lowest BCUT2D eigenvalue weighted by Crippen LogP contribution is -2.29. The number of imidazole rings is 1. The average Bonchev–Trinajstić information content (AvgIpc) is 3.07. The van der Waals surface area contributed by atoms with E-state index in [4.69, 9.17) is 0 Å². The van der Waals surface area contributed by atoms with Crippen LogP contribution < -0.4 is 11.0 Å². The second kappa shape index (κ2) is 6.64. The maximum absolute atomic E-state index is 12.5. The van der Waals surface area contributed by atoms with E-state index in [-0.39, 0.29) is 11.3 Å². The maximum atomic E-state index is 12.5. The Kier molecular flexibility index (Phi) is 4.03. The van der Waals surface area contributed by atoms with Gasteiger partial charge < -0.3 is 0 Å². The summed E-state index contributed by atoms with van der Waals surface area (Å²) >= 11 is 0. The first-order valence-electron chi connectivity index (χ1n) is 8.06. The Morgan fingerprint density at radius 2 is 1.73 bits per heavy atom. The first-order valence-corrected chi connectivity index (χ1v) is 8.06. The van der Waals surface area contributed by atoms with Gasteiger partial charge >= 0.3 is 0 Å². The van der Waals surface area contributed by atoms with Crippen molar-refractivity contribution in [2.45, 2.75) is 6.54 Å². The van der Waals surface area contributed by atoms with Gasteiger partial charge in [0.2, 0.25) is 0 Å². The van der Waals surface area contributed by atoms with Gasteiger partial charge in [-0.25, -0.2) is 14.3 Å². The van der Waals surface area contributed by atoms with Crippen molar-refractivity contribution >= 4 is 16.9 Å². The second-order valence-electron chi connectivity index (χ2n) is 5.74. The molecule has 0 atom stereocenters. The summed E-state index contributed by atoms with van der Waals surface area (Å²) in [4.78, 5) is 28.8. The van der Waals surface area contributed by atoms with E-state index in [0.717, 1.165) is 16.6 Å². The molecule has 0 radical (unpaired) electrons. The Labute approximate surface area is 148 Å². The van der Waals surface area contributed by atoms with E-state index in [1.807, 2.05) is 54.6 Å². The van der Waals surface area contributed by atoms with Crippen molar-refractivity contribution in [3.05, 3.63) is 94.7 Å². The zero-order chi connectivity index (χ0) is 17.9. The SMILES string of the molecule is O=C(Nn1cnc2ccccc21)c1ccc(=O)n(Cc2ccccc2)n1. The van der Waals surface area contributed by atoms with Gasteiger partial charge in [0.05, 0.1) is 17.6 Å². The molecule has 128 valence electrons. The first kappa shape index (κ1) is 15.8. The quantitative estimate of drug-likeness (QED) is 0.613. The first-order chi connectivity index (χ1) is 12.7. The molecule has 0 saturated carbocycles. The molecule has 0 fully saturated rings. The van der Waals surface area contributed by atoms with Crippen molar-refractivity contribution in [2.75, 3.05) is 5.43 Å². The molecular formula is C19H15N5O2. The third-order valence-corrected chi connectivity index (χ3v) is 3.95. The zero-order valence-electron chi connectivity index (χ0n) is 13.7. The Morgan fingerprint density at radius 3 is 2.58 bits per heavy atom. The number of carbonyl (C=O) groups is 1. The fourth-order valence-electron chi connectivity index (χ4n) is 2.65. The molecule has 0 aliphatic heterocycles. The minimum Gasteiger partial charge on any atom is -0.268 e. The highest BCUT2D eigenvalue weighted by Crippen LogP contribution is 2.10. The maximum Gasteiger partial charge on any atom is 0.290 e. The third-order valence-electron chi connectivity index (χ3n) is 3.95. The van der Waals surface area contributed by atoms with Crippen LogP contribution in [0.2, 0.25) is 0 Å². The minimum absolute atomic E-state index is 0.151. The highest BCUT2D eigenvalue weighted by atomic mass is 16.2. The van der Waals surface area contributed by atoms with Crippen LogP contribution in [0, 0.1) is 0 Å². The van der Waals surface area contributed by atoms with Gasteiger partial charge in [0, 0.05) is 6.07 Å². The molecule has 0 unspecified atom stereocenters. The number of amides is 1. The van der Waals surface area contributed by atoms with Crippen molar-refractivity contribution < 1.29 is 4.79 Å². The molecular weight excluding hydrogens is 330 g/mol. The van der Waals surface area contributed by atoms with Crippen molar-refractivity contribution in [1.29, 1.82) is 0 Å². The smallest absolute Gasteiger partial charge is 0.268 e. The number of fused-ring (bicyclic) bond motifs is 1. The van der Waals surface area contributed by atoms with Crippen LogP contribution in [0.25, 0.3) is 11.0 Å². The summed E-state index contributed by atoms with van der Waals surface area (Å²) in [6.07, 6.45) is 1.53. The van der Waals surface area contributed by atoms with Crippen molar-refractivity contribution in [3.63, 3.8) is 0 Å². The zero-order valence-corrected chi connectivity index (χ0v) is 13.7. The number of carbonyl (C=O) groups excluding carboxylic acids is 1. The van der Waals surface area contributed by atoms with E-state index in [9.17, 15) is 9.59 Å². The van der Waals surface area contributed by atoms with Gasteiger partial charge in [-0.2, -0.15) is 5.10 Å². The molecule has 0 aliphatic rings. The van der Waals surface area contributed by atoms with Gasteiger partial charge in [-0.15, -0.1) is 0 Å². The van der Waals surface area contributed by atoms with Crippen molar-refractivity contribution in [2.24, 2.45) is 0 Å². The van der Waals surface area contributed by atoms with Gasteiger partial charge in [0.15, 0.2) is 5.69 Å². The summed E-state index contributed by atoms with van der Waals surface area (Å²) in [7, 11) is 0. The predicted molar refractivity (Wildman–Crippen MR) is 97.5 cm³/mol. The second-order valence-corrected chi connectivity index (χ2v) is 5.74. The lowest BCUT2D eigenvalue weighted by Gasteiger charge is -2.09. The van der Waals surface area contributed by atoms with Crippen LogP contribution in [-0.4, -0.2) is 25.3 Å². The highest BCUT2D eigenvalue weighted by molar-refractivity contribution is 5.98. The molecule has 0 saturated heterocycles. The summed E-state index contributed by atoms with van der Waals surface area (Å²) in [5, 5.41) is 4.19. The molecule has 7 heteroatoms. The van der Waals surface area contributed by atoms with Crippen LogP contribution in [0.5, 0.6) is 0 Å². The van der Waals surface area contributed by atoms with Crippen LogP contribution in [0.3, 0.4) is 0 Å². The Morgan fingerprint density at radius 1 is 0.962 bits per heavy atom. The molecule has 4 aromatic rings. The Hall–Kier alpha value is -3.74. The molecule has 1 N–H and O–H groups in total. The van der Waals surface area contributed by atoms with Gasteiger partial charge in [0.25, 0.3) is 11.5 Å². The molecule has 7 nitrogen and oxygen atoms in total. The van der Waals surface area contributed by atoms with Crippen molar-refractivity contribution in [1.82, 2.24) is 19.4 Å². The largest absolute Gasteiger partial charge is 0.290 e. The molecule has 26 heavy (non-hydrogen) atoms. The number of aromatic nitrogens is 4. The molecule has 1 amide bonds. The summed E-state index contributed by atoms with van der Waals surface area (Å²) in [5.74, 6) is -0.421. The third kappa shape index (κ3) is 3.10. The molecule has 2 aromatic carbocycles. The topological polar surface area (TPSA) is 81.8 Å². The number of para-hydroxylation sites is 2. The van der Waals surface area contributed by atoms with Crippen LogP contribution in [0.15, 0.2) is 77.9 Å². The molecule has 2 heterocycles. The molecule has 0 bridgehead atoms. The normalized spacial score (nSPS) is 10.8. The van der Waals surface area contributed by atoms with E-state index < -0.39 is 5.91 Å². The van der Waals surface area contributed by atoms with E-state index in [0.29, 0.717) is 6.54 Å². The van der Waals surface area contributed by atoms with Gasteiger partial charge in [-0.3, -0.25) is 15.0 Å². The summed E-state index contributed by atoms with van der Waals surface area (Å²) in [5.41, 5.74) is 5.10. The van der Waals surface area contributed by atoms with Crippen LogP contribution >= 0.6 is 0 Å². The summed E-state index contributed by atoms with van der Waals surface area (Å²) in [6.45, 7) is 0.300. The van der Waals surface area contributed by atoms with E-state index in [1.54, 1.807) is 0 Å². The fraction of sp³-hybridized carbons (Fsp3) is 0.0526. The van der Waals surface area contributed by atoms with Crippen LogP contribution in [0.4, 0.5) is 0 Å².